The van der Waals surface area contributed by atoms with Crippen LogP contribution in [0.5, 0.6) is 0 Å². The number of nitrogens with zero attached hydrogens (tertiary/aromatic N) is 2. The minimum absolute atomic E-state index is 1.05. The molecule has 3 nitrogen and oxygen atoms in total. The van der Waals surface area contributed by atoms with Gasteiger partial charge in [-0.25, -0.2) is 0 Å². The number of unbranched alkanes of at least 4 members (excludes halogenated alkanes) is 2. The van der Waals surface area contributed by atoms with Crippen LogP contribution in [-0.4, -0.2) is 9.89 Å². The maximum absolute atomic E-state index is 5.39. The van der Waals surface area contributed by atoms with Crippen molar-refractivity contribution in [2.45, 2.75) is 32.6 Å². The fraction of sp³-hybridized carbons (Fsp3) is 0.625. The molecule has 0 radical (unpaired) electrons. The predicted octanol–water partition coefficient (Wildman–Crippen LogP) is 1.33. The molecule has 0 unspecified atom stereocenters. The Hall–Kier alpha value is -0.990. The van der Waals surface area contributed by atoms with E-state index in [4.69, 9.17) is 5.84 Å². The molecule has 11 heavy (non-hydrogen) atoms. The Bertz CT molecular complexity index is 205. The molecule has 0 amide bonds. The average Bonchev–Trinajstić information content (AvgIpc) is 2.37. The molecule has 0 aliphatic rings. The number of aromatic nitrogens is 2. The van der Waals surface area contributed by atoms with Gasteiger partial charge in [0.25, 0.3) is 0 Å². The minimum Gasteiger partial charge on any atom is -0.323 e. The molecule has 0 spiro atoms. The minimum atomic E-state index is 1.05. The van der Waals surface area contributed by atoms with E-state index in [1.807, 2.05) is 6.07 Å². The first-order valence-electron chi connectivity index (χ1n) is 4.12. The molecular weight excluding hydrogens is 138 g/mol. The summed E-state index contributed by atoms with van der Waals surface area (Å²) < 4.78 is 0. The third kappa shape index (κ3) is 2.62. The predicted molar refractivity (Wildman–Crippen MR) is 45.6 cm³/mol. The summed E-state index contributed by atoms with van der Waals surface area (Å²) in [6.07, 6.45) is 6.58. The highest BCUT2D eigenvalue weighted by Gasteiger charge is 1.95. The molecule has 1 rings (SSSR count). The van der Waals surface area contributed by atoms with Crippen LogP contribution in [0.25, 0.3) is 0 Å². The van der Waals surface area contributed by atoms with E-state index in [1.165, 1.54) is 24.1 Å². The van der Waals surface area contributed by atoms with Crippen LogP contribution >= 0.6 is 0 Å². The van der Waals surface area contributed by atoms with Crippen molar-refractivity contribution >= 4 is 0 Å². The Morgan fingerprint density at radius 1 is 1.55 bits per heavy atom. The van der Waals surface area contributed by atoms with Gasteiger partial charge in [0.1, 0.15) is 0 Å². The van der Waals surface area contributed by atoms with Crippen molar-refractivity contribution in [3.8, 4) is 0 Å². The molecule has 2 N–H and O–H groups in total. The van der Waals surface area contributed by atoms with E-state index in [2.05, 4.69) is 12.0 Å². The lowest BCUT2D eigenvalue weighted by Gasteiger charge is -1.93. The lowest BCUT2D eigenvalue weighted by atomic mass is 10.2. The van der Waals surface area contributed by atoms with Crippen molar-refractivity contribution < 1.29 is 0 Å². The van der Waals surface area contributed by atoms with E-state index in [0.29, 0.717) is 0 Å². The Labute approximate surface area is 67.2 Å². The zero-order valence-electron chi connectivity index (χ0n) is 6.95. The van der Waals surface area contributed by atoms with Crippen LogP contribution in [0.4, 0.5) is 0 Å². The lowest BCUT2D eigenvalue weighted by Crippen LogP contribution is -2.08. The smallest absolute Gasteiger partial charge is 0.0645 e. The van der Waals surface area contributed by atoms with Crippen molar-refractivity contribution in [2.75, 3.05) is 5.84 Å². The van der Waals surface area contributed by atoms with Gasteiger partial charge < -0.3 is 5.84 Å². The van der Waals surface area contributed by atoms with Crippen LogP contribution < -0.4 is 5.84 Å². The van der Waals surface area contributed by atoms with Crippen LogP contribution in [-0.2, 0) is 6.42 Å². The number of nitrogens with two attached hydrogens (primary N) is 1. The number of nitrogen functional groups attached to an aromatic ring is 1. The maximum Gasteiger partial charge on any atom is 0.0645 e. The molecule has 0 aliphatic carbocycles. The highest BCUT2D eigenvalue weighted by molar-refractivity contribution is 4.98. The van der Waals surface area contributed by atoms with E-state index in [0.717, 1.165) is 12.1 Å². The van der Waals surface area contributed by atoms with Gasteiger partial charge >= 0.3 is 0 Å². The third-order valence-electron chi connectivity index (χ3n) is 1.70. The van der Waals surface area contributed by atoms with Gasteiger partial charge in [-0.2, -0.15) is 9.89 Å². The monoisotopic (exact) mass is 153 g/mol. The van der Waals surface area contributed by atoms with E-state index in [1.54, 1.807) is 6.20 Å². The Kier molecular flexibility index (Phi) is 2.95. The average molecular weight is 153 g/mol. The molecule has 0 fully saturated rings. The summed E-state index contributed by atoms with van der Waals surface area (Å²) in [5, 5.41) is 4.08. The summed E-state index contributed by atoms with van der Waals surface area (Å²) in [4.78, 5) is 1.36. The second-order valence-electron chi connectivity index (χ2n) is 2.74. The van der Waals surface area contributed by atoms with Crippen molar-refractivity contribution in [1.82, 2.24) is 9.89 Å². The van der Waals surface area contributed by atoms with Gasteiger partial charge in [0.05, 0.1) is 5.69 Å². The SMILES string of the molecule is CCCCCc1ccn(N)n1. The molecule has 0 aliphatic heterocycles. The molecular formula is C8H15N3. The van der Waals surface area contributed by atoms with E-state index < -0.39 is 0 Å². The topological polar surface area (TPSA) is 43.8 Å². The van der Waals surface area contributed by atoms with Crippen LogP contribution in [0.2, 0.25) is 0 Å². The number of aryl methyl sites for hydroxylation is 1. The van der Waals surface area contributed by atoms with Gasteiger partial charge in [-0.3, -0.25) is 0 Å². The lowest BCUT2D eigenvalue weighted by molar-refractivity contribution is 0.693. The first kappa shape index (κ1) is 8.11. The summed E-state index contributed by atoms with van der Waals surface area (Å²) in [7, 11) is 0. The zero-order valence-corrected chi connectivity index (χ0v) is 6.95. The molecule has 1 aromatic heterocycles. The molecule has 0 saturated heterocycles. The maximum atomic E-state index is 5.39. The molecule has 62 valence electrons. The van der Waals surface area contributed by atoms with Crippen molar-refractivity contribution in [1.29, 1.82) is 0 Å². The normalized spacial score (nSPS) is 10.3. The number of hydrogen-bond acceptors (Lipinski definition) is 2. The van der Waals surface area contributed by atoms with Crippen LogP contribution in [0, 0.1) is 0 Å². The van der Waals surface area contributed by atoms with Gasteiger partial charge in [0, 0.05) is 6.20 Å². The van der Waals surface area contributed by atoms with Crippen molar-refractivity contribution in [3.63, 3.8) is 0 Å². The van der Waals surface area contributed by atoms with Gasteiger partial charge in [-0.15, -0.1) is 0 Å². The van der Waals surface area contributed by atoms with E-state index in [-0.39, 0.29) is 0 Å². The second kappa shape index (κ2) is 4.01. The molecule has 0 aromatic carbocycles. The number of rotatable bonds is 4. The van der Waals surface area contributed by atoms with Gasteiger partial charge in [-0.1, -0.05) is 19.8 Å². The summed E-state index contributed by atoms with van der Waals surface area (Å²) in [5.74, 6) is 5.39. The zero-order chi connectivity index (χ0) is 8.10. The summed E-state index contributed by atoms with van der Waals surface area (Å²) in [6, 6.07) is 1.97. The van der Waals surface area contributed by atoms with Crippen LogP contribution in [0.1, 0.15) is 31.9 Å². The van der Waals surface area contributed by atoms with Gasteiger partial charge in [-0.05, 0) is 18.9 Å². The standard InChI is InChI=1S/C8H15N3/c1-2-3-4-5-8-6-7-11(9)10-8/h6-7H,2-5,9H2,1H3. The van der Waals surface area contributed by atoms with Crippen molar-refractivity contribution in [2.24, 2.45) is 0 Å². The van der Waals surface area contributed by atoms with E-state index in [9.17, 15) is 0 Å². The molecule has 0 saturated carbocycles. The van der Waals surface area contributed by atoms with E-state index >= 15 is 0 Å². The van der Waals surface area contributed by atoms with Gasteiger partial charge in [0.15, 0.2) is 0 Å². The first-order chi connectivity index (χ1) is 5.33. The summed E-state index contributed by atoms with van der Waals surface area (Å²) in [5.41, 5.74) is 1.10. The highest BCUT2D eigenvalue weighted by Crippen LogP contribution is 2.02. The van der Waals surface area contributed by atoms with Crippen LogP contribution in [0.15, 0.2) is 12.3 Å². The van der Waals surface area contributed by atoms with Gasteiger partial charge in [0.2, 0.25) is 0 Å². The quantitative estimate of drug-likeness (QED) is 0.524. The highest BCUT2D eigenvalue weighted by atomic mass is 15.5. The first-order valence-corrected chi connectivity index (χ1v) is 4.12. The summed E-state index contributed by atoms with van der Waals surface area (Å²) >= 11 is 0. The Balaban J connectivity index is 2.27. The fourth-order valence-electron chi connectivity index (χ4n) is 1.07. The molecule has 3 heteroatoms. The Morgan fingerprint density at radius 2 is 2.36 bits per heavy atom. The molecule has 0 atom stereocenters. The Morgan fingerprint density at radius 3 is 2.91 bits per heavy atom. The van der Waals surface area contributed by atoms with Crippen LogP contribution in [0.3, 0.4) is 0 Å². The van der Waals surface area contributed by atoms with Crippen molar-refractivity contribution in [3.05, 3.63) is 18.0 Å². The fourth-order valence-corrected chi connectivity index (χ4v) is 1.07. The number of hydrogen-bond donors (Lipinski definition) is 1. The molecule has 1 aromatic rings. The second-order valence-corrected chi connectivity index (χ2v) is 2.74. The largest absolute Gasteiger partial charge is 0.323 e. The summed E-state index contributed by atoms with van der Waals surface area (Å²) in [6.45, 7) is 2.20. The molecule has 1 heterocycles. The molecule has 0 bridgehead atoms. The third-order valence-corrected chi connectivity index (χ3v) is 1.70.